The molecule has 3 nitrogen and oxygen atoms in total. The van der Waals surface area contributed by atoms with E-state index in [-0.39, 0.29) is 12.4 Å². The van der Waals surface area contributed by atoms with Crippen molar-refractivity contribution in [3.63, 3.8) is 0 Å². The van der Waals surface area contributed by atoms with Crippen LogP contribution >= 0.6 is 0 Å². The minimum Gasteiger partial charge on any atom is -0.493 e. The highest BCUT2D eigenvalue weighted by Gasteiger charge is 2.34. The van der Waals surface area contributed by atoms with Gasteiger partial charge in [0, 0.05) is 18.3 Å². The van der Waals surface area contributed by atoms with Gasteiger partial charge in [0.1, 0.15) is 5.75 Å². The standard InChI is InChI=1S/C15H11F3N2O/c16-15(17,18)14-9-13(5-4-11(14)10-19)21-8-6-12-3-1-2-7-20-12/h1-5,7,9H,6,8H2. The molecule has 2 aromatic rings. The zero-order valence-corrected chi connectivity index (χ0v) is 10.9. The summed E-state index contributed by atoms with van der Waals surface area (Å²) in [6.45, 7) is 0.209. The minimum absolute atomic E-state index is 0.0808. The summed E-state index contributed by atoms with van der Waals surface area (Å²) in [7, 11) is 0. The molecule has 0 N–H and O–H groups in total. The Balaban J connectivity index is 2.06. The first-order valence-corrected chi connectivity index (χ1v) is 6.15. The monoisotopic (exact) mass is 292 g/mol. The maximum Gasteiger partial charge on any atom is 0.417 e. The Morgan fingerprint density at radius 1 is 1.19 bits per heavy atom. The molecule has 0 spiro atoms. The van der Waals surface area contributed by atoms with Gasteiger partial charge in [0.05, 0.1) is 23.8 Å². The van der Waals surface area contributed by atoms with E-state index < -0.39 is 17.3 Å². The van der Waals surface area contributed by atoms with E-state index >= 15 is 0 Å². The van der Waals surface area contributed by atoms with E-state index in [0.717, 1.165) is 17.8 Å². The van der Waals surface area contributed by atoms with Gasteiger partial charge in [-0.1, -0.05) is 6.07 Å². The summed E-state index contributed by atoms with van der Waals surface area (Å²) >= 11 is 0. The zero-order chi connectivity index (χ0) is 15.3. The molecule has 0 saturated carbocycles. The van der Waals surface area contributed by atoms with E-state index in [0.29, 0.717) is 6.42 Å². The fraction of sp³-hybridized carbons (Fsp3) is 0.200. The van der Waals surface area contributed by atoms with E-state index in [1.54, 1.807) is 12.3 Å². The number of benzene rings is 1. The van der Waals surface area contributed by atoms with Crippen LogP contribution in [0.15, 0.2) is 42.6 Å². The lowest BCUT2D eigenvalue weighted by atomic mass is 10.1. The van der Waals surface area contributed by atoms with Crippen molar-refractivity contribution in [1.29, 1.82) is 5.26 Å². The van der Waals surface area contributed by atoms with Gasteiger partial charge < -0.3 is 4.74 Å². The lowest BCUT2D eigenvalue weighted by Gasteiger charge is -2.11. The molecule has 108 valence electrons. The Kier molecular flexibility index (Phi) is 4.43. The Hall–Kier alpha value is -2.55. The van der Waals surface area contributed by atoms with Gasteiger partial charge in [-0.15, -0.1) is 0 Å². The Labute approximate surface area is 119 Å². The van der Waals surface area contributed by atoms with Crippen LogP contribution in [0.25, 0.3) is 0 Å². The SMILES string of the molecule is N#Cc1ccc(OCCc2ccccn2)cc1C(F)(F)F. The molecule has 1 heterocycles. The third-order valence-electron chi connectivity index (χ3n) is 2.77. The molecule has 1 aromatic carbocycles. The van der Waals surface area contributed by atoms with Gasteiger partial charge in [-0.2, -0.15) is 18.4 Å². The molecule has 0 aliphatic carbocycles. The highest BCUT2D eigenvalue weighted by Crippen LogP contribution is 2.34. The molecular formula is C15H11F3N2O. The number of aromatic nitrogens is 1. The van der Waals surface area contributed by atoms with Crippen molar-refractivity contribution < 1.29 is 17.9 Å². The third kappa shape index (κ3) is 3.96. The van der Waals surface area contributed by atoms with Gasteiger partial charge in [0.2, 0.25) is 0 Å². The first kappa shape index (κ1) is 14.9. The molecule has 0 radical (unpaired) electrons. The van der Waals surface area contributed by atoms with Crippen molar-refractivity contribution in [2.75, 3.05) is 6.61 Å². The van der Waals surface area contributed by atoms with Crippen LogP contribution in [0.2, 0.25) is 0 Å². The van der Waals surface area contributed by atoms with Gasteiger partial charge in [-0.3, -0.25) is 4.98 Å². The second kappa shape index (κ2) is 6.27. The molecule has 0 amide bonds. The summed E-state index contributed by atoms with van der Waals surface area (Å²) in [4.78, 5) is 4.09. The Morgan fingerprint density at radius 3 is 2.62 bits per heavy atom. The number of rotatable bonds is 4. The summed E-state index contributed by atoms with van der Waals surface area (Å²) in [5.41, 5.74) is -0.609. The topological polar surface area (TPSA) is 45.9 Å². The molecule has 0 fully saturated rings. The van der Waals surface area contributed by atoms with E-state index in [2.05, 4.69) is 4.98 Å². The first-order chi connectivity index (χ1) is 10.0. The molecule has 0 aliphatic rings. The van der Waals surface area contributed by atoms with Gasteiger partial charge in [-0.25, -0.2) is 0 Å². The molecule has 0 atom stereocenters. The summed E-state index contributed by atoms with van der Waals surface area (Å²) in [5, 5.41) is 8.70. The summed E-state index contributed by atoms with van der Waals surface area (Å²) in [6.07, 6.45) is -2.45. The average Bonchev–Trinajstić information content (AvgIpc) is 2.47. The predicted octanol–water partition coefficient (Wildman–Crippen LogP) is 3.59. The second-order valence-corrected chi connectivity index (χ2v) is 4.24. The molecular weight excluding hydrogens is 281 g/mol. The van der Waals surface area contributed by atoms with Crippen LogP contribution in [0.1, 0.15) is 16.8 Å². The fourth-order valence-corrected chi connectivity index (χ4v) is 1.76. The van der Waals surface area contributed by atoms with Gasteiger partial charge in [0.25, 0.3) is 0 Å². The van der Waals surface area contributed by atoms with Crippen LogP contribution in [0.4, 0.5) is 13.2 Å². The number of hydrogen-bond donors (Lipinski definition) is 0. The Bertz CT molecular complexity index is 648. The number of nitrogens with zero attached hydrogens (tertiary/aromatic N) is 2. The van der Waals surface area contributed by atoms with Gasteiger partial charge in [0.15, 0.2) is 0 Å². The molecule has 0 saturated heterocycles. The number of ether oxygens (including phenoxy) is 1. The number of pyridine rings is 1. The summed E-state index contributed by atoms with van der Waals surface area (Å²) in [6, 6.07) is 10.2. The molecule has 0 unspecified atom stereocenters. The molecule has 0 bridgehead atoms. The van der Waals surface area contributed by atoms with Gasteiger partial charge in [-0.05, 0) is 30.3 Å². The van der Waals surface area contributed by atoms with Crippen molar-refractivity contribution in [3.05, 3.63) is 59.4 Å². The van der Waals surface area contributed by atoms with Crippen LogP contribution in [0.3, 0.4) is 0 Å². The maximum absolute atomic E-state index is 12.8. The van der Waals surface area contributed by atoms with Crippen molar-refractivity contribution in [3.8, 4) is 11.8 Å². The summed E-state index contributed by atoms with van der Waals surface area (Å²) < 4.78 is 43.7. The largest absolute Gasteiger partial charge is 0.493 e. The predicted molar refractivity (Wildman–Crippen MR) is 69.6 cm³/mol. The highest BCUT2D eigenvalue weighted by atomic mass is 19.4. The zero-order valence-electron chi connectivity index (χ0n) is 10.9. The number of hydrogen-bond acceptors (Lipinski definition) is 3. The smallest absolute Gasteiger partial charge is 0.417 e. The van der Waals surface area contributed by atoms with Gasteiger partial charge >= 0.3 is 6.18 Å². The number of halogens is 3. The van der Waals surface area contributed by atoms with E-state index in [1.807, 2.05) is 12.1 Å². The average molecular weight is 292 g/mol. The minimum atomic E-state index is -4.58. The normalized spacial score (nSPS) is 11.0. The van der Waals surface area contributed by atoms with Crippen LogP contribution in [-0.4, -0.2) is 11.6 Å². The van der Waals surface area contributed by atoms with Crippen LogP contribution < -0.4 is 4.74 Å². The molecule has 0 aliphatic heterocycles. The van der Waals surface area contributed by atoms with Crippen molar-refractivity contribution in [2.24, 2.45) is 0 Å². The van der Waals surface area contributed by atoms with Crippen LogP contribution in [0.5, 0.6) is 5.75 Å². The van der Waals surface area contributed by atoms with Crippen LogP contribution in [-0.2, 0) is 12.6 Å². The molecule has 1 aromatic heterocycles. The fourth-order valence-electron chi connectivity index (χ4n) is 1.76. The van der Waals surface area contributed by atoms with E-state index in [4.69, 9.17) is 10.00 Å². The number of nitriles is 1. The van der Waals surface area contributed by atoms with Crippen molar-refractivity contribution >= 4 is 0 Å². The van der Waals surface area contributed by atoms with Crippen molar-refractivity contribution in [2.45, 2.75) is 12.6 Å². The number of alkyl halides is 3. The molecule has 2 rings (SSSR count). The molecule has 21 heavy (non-hydrogen) atoms. The van der Waals surface area contributed by atoms with Crippen LogP contribution in [0, 0.1) is 11.3 Å². The third-order valence-corrected chi connectivity index (χ3v) is 2.77. The lowest BCUT2D eigenvalue weighted by Crippen LogP contribution is -2.09. The maximum atomic E-state index is 12.8. The lowest BCUT2D eigenvalue weighted by molar-refractivity contribution is -0.137. The Morgan fingerprint density at radius 2 is 2.00 bits per heavy atom. The van der Waals surface area contributed by atoms with E-state index in [1.165, 1.54) is 12.1 Å². The van der Waals surface area contributed by atoms with Crippen molar-refractivity contribution in [1.82, 2.24) is 4.98 Å². The highest BCUT2D eigenvalue weighted by molar-refractivity contribution is 5.44. The molecule has 6 heteroatoms. The van der Waals surface area contributed by atoms with E-state index in [9.17, 15) is 13.2 Å². The summed E-state index contributed by atoms with van der Waals surface area (Å²) in [5.74, 6) is 0.0808. The quantitative estimate of drug-likeness (QED) is 0.865. The first-order valence-electron chi connectivity index (χ1n) is 6.15. The second-order valence-electron chi connectivity index (χ2n) is 4.24.